The number of fused-ring (bicyclic) bond motifs is 1. The Morgan fingerprint density at radius 3 is 2.62 bits per heavy atom. The molecule has 1 saturated heterocycles. The topological polar surface area (TPSA) is 153 Å². The molecule has 0 unspecified atom stereocenters. The number of aliphatic hydroxyl groups excluding tert-OH is 3. The predicted octanol–water partition coefficient (Wildman–Crippen LogP) is -2.21. The van der Waals surface area contributed by atoms with Crippen molar-refractivity contribution in [2.24, 2.45) is 0 Å². The van der Waals surface area contributed by atoms with Gasteiger partial charge in [0.25, 0.3) is 5.56 Å². The predicted molar refractivity (Wildman–Crippen MR) is 71.7 cm³/mol. The standard InChI is InChI=1S/C10H11BrN4O6/c11-9-12-3-6(13-10(20)14-7(3)19)15(9)8-5(18)4(17)2(1-16)21-8/h2,4-5,8,16-18H,1H2,(H2,13,14,19,20)/t2-,4-,5+,8+/m0/s1. The number of rotatable bonds is 2. The first-order valence-electron chi connectivity index (χ1n) is 5.96. The van der Waals surface area contributed by atoms with Crippen molar-refractivity contribution in [3.63, 3.8) is 0 Å². The molecule has 21 heavy (non-hydrogen) atoms. The van der Waals surface area contributed by atoms with E-state index < -0.39 is 42.4 Å². The van der Waals surface area contributed by atoms with Crippen LogP contribution >= 0.6 is 15.9 Å². The number of H-pyrrole nitrogens is 2. The highest BCUT2D eigenvalue weighted by molar-refractivity contribution is 9.10. The molecular weight excluding hydrogens is 352 g/mol. The van der Waals surface area contributed by atoms with E-state index in [9.17, 15) is 19.8 Å². The van der Waals surface area contributed by atoms with E-state index in [2.05, 4.69) is 25.9 Å². The molecule has 0 aromatic carbocycles. The van der Waals surface area contributed by atoms with Crippen LogP contribution in [0.5, 0.6) is 0 Å². The second-order valence-electron chi connectivity index (χ2n) is 4.59. The second kappa shape index (κ2) is 5.03. The molecule has 11 heteroatoms. The molecule has 1 fully saturated rings. The fourth-order valence-corrected chi connectivity index (χ4v) is 2.87. The van der Waals surface area contributed by atoms with Gasteiger partial charge in [0, 0.05) is 0 Å². The van der Waals surface area contributed by atoms with Crippen LogP contribution in [0, 0.1) is 0 Å². The van der Waals surface area contributed by atoms with Gasteiger partial charge in [0.05, 0.1) is 6.61 Å². The highest BCUT2D eigenvalue weighted by atomic mass is 79.9. The van der Waals surface area contributed by atoms with Crippen LogP contribution in [0.15, 0.2) is 14.3 Å². The maximum Gasteiger partial charge on any atom is 0.327 e. The van der Waals surface area contributed by atoms with E-state index >= 15 is 0 Å². The van der Waals surface area contributed by atoms with Gasteiger partial charge in [-0.25, -0.2) is 9.78 Å². The number of aliphatic hydroxyl groups is 3. The number of imidazole rings is 1. The summed E-state index contributed by atoms with van der Waals surface area (Å²) in [6.07, 6.45) is -4.77. The number of aromatic nitrogens is 4. The summed E-state index contributed by atoms with van der Waals surface area (Å²) in [7, 11) is 0. The average molecular weight is 363 g/mol. The lowest BCUT2D eigenvalue weighted by Gasteiger charge is -2.17. The highest BCUT2D eigenvalue weighted by Crippen LogP contribution is 2.33. The molecule has 1 aliphatic rings. The molecule has 114 valence electrons. The molecule has 3 rings (SSSR count). The van der Waals surface area contributed by atoms with Gasteiger partial charge in [-0.2, -0.15) is 0 Å². The summed E-state index contributed by atoms with van der Waals surface area (Å²) in [4.78, 5) is 31.4. The zero-order valence-electron chi connectivity index (χ0n) is 10.4. The van der Waals surface area contributed by atoms with Gasteiger partial charge in [-0.05, 0) is 15.9 Å². The van der Waals surface area contributed by atoms with Crippen LogP contribution in [0.2, 0.25) is 0 Å². The van der Waals surface area contributed by atoms with E-state index in [0.717, 1.165) is 0 Å². The van der Waals surface area contributed by atoms with E-state index in [1.165, 1.54) is 4.57 Å². The molecule has 5 N–H and O–H groups in total. The maximum absolute atomic E-state index is 11.7. The van der Waals surface area contributed by atoms with Crippen LogP contribution in [-0.4, -0.2) is 59.8 Å². The van der Waals surface area contributed by atoms with Gasteiger partial charge in [-0.15, -0.1) is 0 Å². The van der Waals surface area contributed by atoms with Crippen molar-refractivity contribution >= 4 is 27.1 Å². The van der Waals surface area contributed by atoms with Crippen LogP contribution < -0.4 is 11.2 Å². The van der Waals surface area contributed by atoms with Gasteiger partial charge >= 0.3 is 5.69 Å². The van der Waals surface area contributed by atoms with Crippen molar-refractivity contribution < 1.29 is 20.1 Å². The van der Waals surface area contributed by atoms with Gasteiger partial charge < -0.3 is 20.1 Å². The van der Waals surface area contributed by atoms with E-state index in [1.807, 2.05) is 4.98 Å². The van der Waals surface area contributed by atoms with E-state index in [-0.39, 0.29) is 15.9 Å². The van der Waals surface area contributed by atoms with Crippen LogP contribution in [0.1, 0.15) is 6.23 Å². The largest absolute Gasteiger partial charge is 0.394 e. The molecule has 2 aromatic heterocycles. The third-order valence-electron chi connectivity index (χ3n) is 3.31. The fraction of sp³-hybridized carbons (Fsp3) is 0.500. The molecule has 0 saturated carbocycles. The van der Waals surface area contributed by atoms with Crippen molar-refractivity contribution in [1.82, 2.24) is 19.5 Å². The lowest BCUT2D eigenvalue weighted by atomic mass is 10.1. The summed E-state index contributed by atoms with van der Waals surface area (Å²) in [5.74, 6) is 0. The first-order chi connectivity index (χ1) is 9.93. The third-order valence-corrected chi connectivity index (χ3v) is 3.87. The van der Waals surface area contributed by atoms with Gasteiger partial charge in [-0.3, -0.25) is 19.3 Å². The Morgan fingerprint density at radius 2 is 2.00 bits per heavy atom. The van der Waals surface area contributed by atoms with Crippen molar-refractivity contribution in [2.45, 2.75) is 24.5 Å². The molecule has 10 nitrogen and oxygen atoms in total. The number of nitrogens with one attached hydrogen (secondary N) is 2. The number of ether oxygens (including phenoxy) is 1. The third kappa shape index (κ3) is 2.13. The molecule has 4 atom stereocenters. The molecule has 0 bridgehead atoms. The average Bonchev–Trinajstić information content (AvgIpc) is 2.89. The number of halogens is 1. The van der Waals surface area contributed by atoms with Crippen LogP contribution in [0.3, 0.4) is 0 Å². The van der Waals surface area contributed by atoms with Crippen molar-refractivity contribution in [1.29, 1.82) is 0 Å². The lowest BCUT2D eigenvalue weighted by molar-refractivity contribution is -0.0521. The van der Waals surface area contributed by atoms with E-state index in [4.69, 9.17) is 9.84 Å². The molecule has 0 aliphatic carbocycles. The minimum Gasteiger partial charge on any atom is -0.394 e. The SMILES string of the molecule is O=c1[nH]c(=O)c2nc(Br)n([C@@H]3O[C@@H](CO)[C@H](O)[C@H]3O)c2[nH]1. The Hall–Kier alpha value is -1.53. The summed E-state index contributed by atoms with van der Waals surface area (Å²) in [5.41, 5.74) is -1.46. The quantitative estimate of drug-likeness (QED) is 0.379. The van der Waals surface area contributed by atoms with Gasteiger partial charge in [0.15, 0.2) is 22.1 Å². The molecule has 1 aliphatic heterocycles. The van der Waals surface area contributed by atoms with Gasteiger partial charge in [0.1, 0.15) is 18.3 Å². The van der Waals surface area contributed by atoms with Crippen molar-refractivity contribution in [3.8, 4) is 0 Å². The van der Waals surface area contributed by atoms with Crippen molar-refractivity contribution in [3.05, 3.63) is 25.6 Å². The fourth-order valence-electron chi connectivity index (χ4n) is 2.31. The zero-order valence-corrected chi connectivity index (χ0v) is 11.9. The summed E-state index contributed by atoms with van der Waals surface area (Å²) in [6, 6.07) is 0. The minimum atomic E-state index is -1.36. The molecular formula is C10H11BrN4O6. The number of hydrogen-bond donors (Lipinski definition) is 5. The number of hydrogen-bond acceptors (Lipinski definition) is 7. The second-order valence-corrected chi connectivity index (χ2v) is 5.29. The Kier molecular flexibility index (Phi) is 3.45. The van der Waals surface area contributed by atoms with Crippen LogP contribution in [0.25, 0.3) is 11.2 Å². The summed E-state index contributed by atoms with van der Waals surface area (Å²) in [5, 5.41) is 28.9. The Balaban J connectivity index is 2.19. The summed E-state index contributed by atoms with van der Waals surface area (Å²) < 4.78 is 6.71. The Labute approximate surface area is 124 Å². The van der Waals surface area contributed by atoms with Gasteiger partial charge in [-0.1, -0.05) is 0 Å². The van der Waals surface area contributed by atoms with E-state index in [0.29, 0.717) is 0 Å². The van der Waals surface area contributed by atoms with Crippen LogP contribution in [0.4, 0.5) is 0 Å². The first kappa shape index (κ1) is 14.4. The molecule has 0 spiro atoms. The first-order valence-corrected chi connectivity index (χ1v) is 6.76. The molecule has 0 amide bonds. The molecule has 0 radical (unpaired) electrons. The minimum absolute atomic E-state index is 0.0328. The van der Waals surface area contributed by atoms with Crippen molar-refractivity contribution in [2.75, 3.05) is 6.61 Å². The monoisotopic (exact) mass is 362 g/mol. The van der Waals surface area contributed by atoms with Gasteiger partial charge in [0.2, 0.25) is 0 Å². The zero-order chi connectivity index (χ0) is 15.3. The summed E-state index contributed by atoms with van der Waals surface area (Å²) >= 11 is 3.11. The Morgan fingerprint density at radius 1 is 1.29 bits per heavy atom. The number of nitrogens with zero attached hydrogens (tertiary/aromatic N) is 2. The maximum atomic E-state index is 11.7. The highest BCUT2D eigenvalue weighted by Gasteiger charge is 2.44. The summed E-state index contributed by atoms with van der Waals surface area (Å²) in [6.45, 7) is -0.490. The van der Waals surface area contributed by atoms with Crippen LogP contribution in [-0.2, 0) is 4.74 Å². The normalized spacial score (nSPS) is 29.3. The van der Waals surface area contributed by atoms with E-state index in [1.54, 1.807) is 0 Å². The number of aromatic amines is 2. The molecule has 2 aromatic rings. The lowest BCUT2D eigenvalue weighted by Crippen LogP contribution is -2.33. The Bertz CT molecular complexity index is 797. The smallest absolute Gasteiger partial charge is 0.327 e. The molecule has 3 heterocycles.